The molecule has 0 unspecified atom stereocenters. The number of aliphatic carboxylic acids is 1. The number of carbonyl (C=O) groups excluding carboxylic acids is 2. The lowest BCUT2D eigenvalue weighted by atomic mass is 10.1. The summed E-state index contributed by atoms with van der Waals surface area (Å²) in [6.07, 6.45) is 0.125. The van der Waals surface area contributed by atoms with Crippen molar-refractivity contribution in [3.63, 3.8) is 0 Å². The first-order valence-electron chi connectivity index (χ1n) is 9.09. The van der Waals surface area contributed by atoms with E-state index in [-0.39, 0.29) is 18.7 Å². The molecule has 1 amide bonds. The van der Waals surface area contributed by atoms with E-state index in [2.05, 4.69) is 20.8 Å². The molecule has 0 spiro atoms. The molecule has 9 heteroatoms. The first kappa shape index (κ1) is 20.5. The number of nitrogens with zero attached hydrogens (tertiary/aromatic N) is 2. The maximum Gasteiger partial charge on any atom is 0.262 e. The molecule has 0 radical (unpaired) electrons. The van der Waals surface area contributed by atoms with Gasteiger partial charge in [0, 0.05) is 18.0 Å². The zero-order valence-electron chi connectivity index (χ0n) is 16.3. The minimum atomic E-state index is -1.13. The van der Waals surface area contributed by atoms with Crippen LogP contribution in [0.1, 0.15) is 37.4 Å². The predicted octanol–water partition coefficient (Wildman–Crippen LogP) is 2.22. The van der Waals surface area contributed by atoms with Crippen LogP contribution in [0.25, 0.3) is 10.2 Å². The molecular weight excluding hydrogens is 392 g/mol. The van der Waals surface area contributed by atoms with Crippen LogP contribution in [0.4, 0.5) is 5.13 Å². The third-order valence-corrected chi connectivity index (χ3v) is 5.26. The number of hydrogen-bond donors (Lipinski definition) is 2. The first-order chi connectivity index (χ1) is 13.8. The highest BCUT2D eigenvalue weighted by Crippen LogP contribution is 2.25. The Hall–Kier alpha value is -3.20. The number of hydrazone groups is 1. The van der Waals surface area contributed by atoms with E-state index < -0.39 is 12.0 Å². The topological polar surface area (TPSA) is 120 Å². The third-order valence-electron chi connectivity index (χ3n) is 4.30. The maximum absolute atomic E-state index is 12.4. The minimum Gasteiger partial charge on any atom is -0.550 e. The number of carboxylic acids is 1. The Morgan fingerprint density at radius 2 is 2.10 bits per heavy atom. The Bertz CT molecular complexity index is 1040. The number of amides is 1. The van der Waals surface area contributed by atoms with Crippen molar-refractivity contribution in [2.45, 2.75) is 39.7 Å². The average molecular weight is 413 g/mol. The SMILES string of the molecule is C/C(=N/NC(=O)[C@H](C)Nc1nc2ccccc2s1)c1cc(CCC(=O)[O-])oc1C. The van der Waals surface area contributed by atoms with Crippen molar-refractivity contribution in [3.8, 4) is 0 Å². The number of carboxylic acid groups (broad SMARTS) is 1. The van der Waals surface area contributed by atoms with Crippen molar-refractivity contribution in [2.75, 3.05) is 5.32 Å². The molecule has 0 saturated carbocycles. The van der Waals surface area contributed by atoms with Gasteiger partial charge in [0.1, 0.15) is 17.6 Å². The van der Waals surface area contributed by atoms with Crippen molar-refractivity contribution in [1.82, 2.24) is 10.4 Å². The van der Waals surface area contributed by atoms with Gasteiger partial charge >= 0.3 is 0 Å². The molecule has 0 saturated heterocycles. The van der Waals surface area contributed by atoms with Crippen molar-refractivity contribution in [2.24, 2.45) is 5.10 Å². The van der Waals surface area contributed by atoms with Crippen molar-refractivity contribution in [1.29, 1.82) is 0 Å². The number of aromatic nitrogens is 1. The Balaban J connectivity index is 1.60. The van der Waals surface area contributed by atoms with Crippen LogP contribution < -0.4 is 15.8 Å². The molecular formula is C20H21N4O4S-. The number of thiazole rings is 1. The number of para-hydroxylation sites is 1. The van der Waals surface area contributed by atoms with Crippen molar-refractivity contribution in [3.05, 3.63) is 47.4 Å². The molecule has 8 nitrogen and oxygen atoms in total. The maximum atomic E-state index is 12.4. The van der Waals surface area contributed by atoms with E-state index in [0.717, 1.165) is 10.2 Å². The van der Waals surface area contributed by atoms with Crippen LogP contribution in [-0.4, -0.2) is 28.6 Å². The summed E-state index contributed by atoms with van der Waals surface area (Å²) in [5, 5.41) is 18.5. The van der Waals surface area contributed by atoms with Gasteiger partial charge in [-0.3, -0.25) is 4.79 Å². The van der Waals surface area contributed by atoms with Crippen LogP contribution in [0, 0.1) is 6.92 Å². The Kier molecular flexibility index (Phi) is 6.28. The van der Waals surface area contributed by atoms with E-state index in [1.165, 1.54) is 11.3 Å². The lowest BCUT2D eigenvalue weighted by Gasteiger charge is -2.11. The molecule has 0 aliphatic rings. The average Bonchev–Trinajstić information content (AvgIpc) is 3.26. The molecule has 2 heterocycles. The lowest BCUT2D eigenvalue weighted by molar-refractivity contribution is -0.305. The zero-order valence-corrected chi connectivity index (χ0v) is 17.1. The number of benzene rings is 1. The second-order valence-electron chi connectivity index (χ2n) is 6.58. The lowest BCUT2D eigenvalue weighted by Crippen LogP contribution is -2.35. The van der Waals surface area contributed by atoms with Crippen molar-refractivity contribution >= 4 is 44.3 Å². The molecule has 29 heavy (non-hydrogen) atoms. The summed E-state index contributed by atoms with van der Waals surface area (Å²) in [5.74, 6) is -0.294. The van der Waals surface area contributed by atoms with E-state index in [9.17, 15) is 14.7 Å². The molecule has 1 atom stereocenters. The molecule has 0 aliphatic carbocycles. The summed E-state index contributed by atoms with van der Waals surface area (Å²) >= 11 is 1.48. The second kappa shape index (κ2) is 8.87. The molecule has 152 valence electrons. The Morgan fingerprint density at radius 1 is 1.34 bits per heavy atom. The predicted molar refractivity (Wildman–Crippen MR) is 110 cm³/mol. The van der Waals surface area contributed by atoms with Gasteiger partial charge in [-0.05, 0) is 45.4 Å². The number of anilines is 1. The van der Waals surface area contributed by atoms with Crippen LogP contribution in [0.5, 0.6) is 0 Å². The van der Waals surface area contributed by atoms with Gasteiger partial charge in [0.05, 0.1) is 15.9 Å². The van der Waals surface area contributed by atoms with Gasteiger partial charge in [0.15, 0.2) is 5.13 Å². The van der Waals surface area contributed by atoms with Crippen LogP contribution in [0.2, 0.25) is 0 Å². The van der Waals surface area contributed by atoms with Gasteiger partial charge < -0.3 is 19.6 Å². The van der Waals surface area contributed by atoms with Gasteiger partial charge in [-0.25, -0.2) is 10.4 Å². The minimum absolute atomic E-state index is 0.117. The number of furan rings is 1. The van der Waals surface area contributed by atoms with Crippen molar-refractivity contribution < 1.29 is 19.1 Å². The second-order valence-corrected chi connectivity index (χ2v) is 7.61. The largest absolute Gasteiger partial charge is 0.550 e. The number of rotatable bonds is 8. The number of fused-ring (bicyclic) bond motifs is 1. The molecule has 3 rings (SSSR count). The molecule has 3 aromatic rings. The van der Waals surface area contributed by atoms with Gasteiger partial charge in [-0.1, -0.05) is 23.5 Å². The number of carbonyl (C=O) groups is 2. The molecule has 0 fully saturated rings. The first-order valence-corrected chi connectivity index (χ1v) is 9.91. The highest BCUT2D eigenvalue weighted by molar-refractivity contribution is 7.22. The van der Waals surface area contributed by atoms with Gasteiger partial charge in [0.2, 0.25) is 0 Å². The number of nitrogens with one attached hydrogen (secondary N) is 2. The van der Waals surface area contributed by atoms with E-state index in [4.69, 9.17) is 4.42 Å². The normalized spacial score (nSPS) is 12.7. The standard InChI is InChI=1S/C20H22N4O4S/c1-11(15-10-14(28-13(15)3)8-9-18(25)26)23-24-19(27)12(2)21-20-22-16-6-4-5-7-17(16)29-20/h4-7,10,12H,8-9H2,1-3H3,(H,21,22)(H,24,27)(H,25,26)/p-1/b23-11-/t12-/m0/s1. The van der Waals surface area contributed by atoms with Gasteiger partial charge in [-0.15, -0.1) is 0 Å². The highest BCUT2D eigenvalue weighted by Gasteiger charge is 2.15. The summed E-state index contributed by atoms with van der Waals surface area (Å²) < 4.78 is 6.59. The van der Waals surface area contributed by atoms with E-state index >= 15 is 0 Å². The quantitative estimate of drug-likeness (QED) is 0.432. The summed E-state index contributed by atoms with van der Waals surface area (Å²) in [5.41, 5.74) is 4.69. The summed E-state index contributed by atoms with van der Waals surface area (Å²) in [4.78, 5) is 27.4. The molecule has 0 aliphatic heterocycles. The van der Waals surface area contributed by atoms with E-state index in [1.807, 2.05) is 24.3 Å². The summed E-state index contributed by atoms with van der Waals surface area (Å²) in [6.45, 7) is 5.23. The molecule has 2 N–H and O–H groups in total. The fraction of sp³-hybridized carbons (Fsp3) is 0.300. The van der Waals surface area contributed by atoms with Crippen LogP contribution in [0.15, 0.2) is 39.9 Å². The fourth-order valence-corrected chi connectivity index (χ4v) is 3.68. The van der Waals surface area contributed by atoms with Gasteiger partial charge in [-0.2, -0.15) is 5.10 Å². The smallest absolute Gasteiger partial charge is 0.262 e. The monoisotopic (exact) mass is 413 g/mol. The zero-order chi connectivity index (χ0) is 21.0. The van der Waals surface area contributed by atoms with Crippen LogP contribution in [0.3, 0.4) is 0 Å². The van der Waals surface area contributed by atoms with E-state index in [0.29, 0.717) is 27.9 Å². The van der Waals surface area contributed by atoms with E-state index in [1.54, 1.807) is 26.8 Å². The Labute approximate surface area is 171 Å². The molecule has 0 bridgehead atoms. The summed E-state index contributed by atoms with van der Waals surface area (Å²) in [6, 6.07) is 8.96. The fourth-order valence-electron chi connectivity index (χ4n) is 2.73. The Morgan fingerprint density at radius 3 is 2.83 bits per heavy atom. The summed E-state index contributed by atoms with van der Waals surface area (Å²) in [7, 11) is 0. The van der Waals surface area contributed by atoms with Crippen LogP contribution >= 0.6 is 11.3 Å². The number of aryl methyl sites for hydroxylation is 2. The molecule has 1 aromatic carbocycles. The highest BCUT2D eigenvalue weighted by atomic mass is 32.1. The van der Waals surface area contributed by atoms with Crippen LogP contribution in [-0.2, 0) is 16.0 Å². The third kappa shape index (κ3) is 5.20. The number of hydrogen-bond acceptors (Lipinski definition) is 8. The molecule has 2 aromatic heterocycles. The van der Waals surface area contributed by atoms with Gasteiger partial charge in [0.25, 0.3) is 5.91 Å².